The van der Waals surface area contributed by atoms with E-state index in [2.05, 4.69) is 30.6 Å². The van der Waals surface area contributed by atoms with E-state index in [9.17, 15) is 0 Å². The number of thiophene rings is 1. The van der Waals surface area contributed by atoms with Crippen molar-refractivity contribution in [2.45, 2.75) is 50.4 Å². The maximum atomic E-state index is 3.70. The fourth-order valence-corrected chi connectivity index (χ4v) is 3.91. The molecule has 0 unspecified atom stereocenters. The van der Waals surface area contributed by atoms with E-state index in [4.69, 9.17) is 0 Å². The predicted octanol–water partition coefficient (Wildman–Crippen LogP) is 3.82. The summed E-state index contributed by atoms with van der Waals surface area (Å²) < 4.78 is 0. The molecule has 0 saturated heterocycles. The van der Waals surface area contributed by atoms with Crippen LogP contribution >= 0.6 is 23.1 Å². The Balaban J connectivity index is 1.71. The number of aryl methyl sites for hydroxylation is 1. The highest BCUT2D eigenvalue weighted by Crippen LogP contribution is 2.27. The van der Waals surface area contributed by atoms with E-state index in [-0.39, 0.29) is 0 Å². The highest BCUT2D eigenvalue weighted by molar-refractivity contribution is 7.99. The van der Waals surface area contributed by atoms with Crippen LogP contribution in [0, 0.1) is 6.92 Å². The second kappa shape index (κ2) is 6.08. The lowest BCUT2D eigenvalue weighted by molar-refractivity contribution is 0.380. The number of nitrogens with one attached hydrogen (secondary N) is 1. The maximum absolute atomic E-state index is 3.70. The molecule has 1 saturated carbocycles. The topological polar surface area (TPSA) is 12.0 Å². The van der Waals surface area contributed by atoms with Gasteiger partial charge < -0.3 is 5.32 Å². The van der Waals surface area contributed by atoms with Gasteiger partial charge in [0.05, 0.1) is 0 Å². The van der Waals surface area contributed by atoms with Gasteiger partial charge in [-0.2, -0.15) is 11.8 Å². The molecule has 1 nitrogen and oxygen atoms in total. The zero-order valence-corrected chi connectivity index (χ0v) is 11.8. The van der Waals surface area contributed by atoms with Crippen molar-refractivity contribution in [3.63, 3.8) is 0 Å². The van der Waals surface area contributed by atoms with Crippen LogP contribution in [0.15, 0.2) is 12.1 Å². The van der Waals surface area contributed by atoms with Gasteiger partial charge in [-0.25, -0.2) is 0 Å². The molecule has 1 aromatic rings. The first kappa shape index (κ1) is 12.5. The van der Waals surface area contributed by atoms with Gasteiger partial charge >= 0.3 is 0 Å². The highest BCUT2D eigenvalue weighted by atomic mass is 32.2. The van der Waals surface area contributed by atoms with Crippen molar-refractivity contribution < 1.29 is 0 Å². The molecular weight excluding hydrogens is 234 g/mol. The molecule has 1 heterocycles. The Morgan fingerprint density at radius 2 is 2.06 bits per heavy atom. The first-order valence-electron chi connectivity index (χ1n) is 6.09. The average Bonchev–Trinajstić information content (AvgIpc) is 2.73. The monoisotopic (exact) mass is 255 g/mol. The summed E-state index contributed by atoms with van der Waals surface area (Å²) >= 11 is 3.95. The smallest absolute Gasteiger partial charge is 0.0302 e. The minimum atomic E-state index is 0.755. The van der Waals surface area contributed by atoms with Gasteiger partial charge in [-0.15, -0.1) is 11.3 Å². The largest absolute Gasteiger partial charge is 0.309 e. The van der Waals surface area contributed by atoms with E-state index >= 15 is 0 Å². The van der Waals surface area contributed by atoms with E-state index in [1.54, 1.807) is 0 Å². The third-order valence-electron chi connectivity index (χ3n) is 3.37. The van der Waals surface area contributed by atoms with Crippen LogP contribution < -0.4 is 5.32 Å². The van der Waals surface area contributed by atoms with Gasteiger partial charge in [0.2, 0.25) is 0 Å². The molecule has 0 spiro atoms. The maximum Gasteiger partial charge on any atom is 0.0302 e. The van der Waals surface area contributed by atoms with Gasteiger partial charge in [-0.1, -0.05) is 0 Å². The third kappa shape index (κ3) is 3.51. The number of hydrogen-bond acceptors (Lipinski definition) is 3. The first-order valence-corrected chi connectivity index (χ1v) is 8.20. The highest BCUT2D eigenvalue weighted by Gasteiger charge is 2.19. The van der Waals surface area contributed by atoms with Crippen LogP contribution in [0.25, 0.3) is 0 Å². The normalized spacial score (nSPS) is 25.9. The zero-order chi connectivity index (χ0) is 11.4. The second-order valence-electron chi connectivity index (χ2n) is 4.60. The van der Waals surface area contributed by atoms with Crippen LogP contribution in [0.3, 0.4) is 0 Å². The van der Waals surface area contributed by atoms with Crippen LogP contribution in [0.1, 0.15) is 35.4 Å². The SMILES string of the molecule is CSC1CCC(NCc2ccc(C)s2)CC1. The van der Waals surface area contributed by atoms with Crippen LogP contribution in [-0.2, 0) is 6.54 Å². The Morgan fingerprint density at radius 1 is 1.31 bits per heavy atom. The molecule has 1 N–H and O–H groups in total. The molecule has 16 heavy (non-hydrogen) atoms. The molecule has 90 valence electrons. The molecule has 0 amide bonds. The van der Waals surface area contributed by atoms with Crippen molar-refractivity contribution in [1.82, 2.24) is 5.32 Å². The molecule has 1 aliphatic rings. The summed E-state index contributed by atoms with van der Waals surface area (Å²) in [7, 11) is 0. The minimum absolute atomic E-state index is 0.755. The predicted molar refractivity (Wildman–Crippen MR) is 75.5 cm³/mol. The summed E-state index contributed by atoms with van der Waals surface area (Å²) in [5.74, 6) is 0. The Labute approximate surface area is 107 Å². The standard InChI is InChI=1S/C13H21NS2/c1-10-3-6-13(16-10)9-14-11-4-7-12(15-2)8-5-11/h3,6,11-12,14H,4-5,7-9H2,1-2H3. The summed E-state index contributed by atoms with van der Waals surface area (Å²) in [5.41, 5.74) is 0. The number of thioether (sulfide) groups is 1. The lowest BCUT2D eigenvalue weighted by Gasteiger charge is -2.28. The fraction of sp³-hybridized carbons (Fsp3) is 0.692. The van der Waals surface area contributed by atoms with Gasteiger partial charge in [0.15, 0.2) is 0 Å². The molecular formula is C13H21NS2. The zero-order valence-electron chi connectivity index (χ0n) is 10.2. The molecule has 0 aromatic carbocycles. The average molecular weight is 255 g/mol. The number of rotatable bonds is 4. The minimum Gasteiger partial charge on any atom is -0.309 e. The van der Waals surface area contributed by atoms with Crippen molar-refractivity contribution >= 4 is 23.1 Å². The Hall–Kier alpha value is 0.01000. The van der Waals surface area contributed by atoms with E-state index in [1.807, 2.05) is 23.1 Å². The van der Waals surface area contributed by atoms with Crippen LogP contribution in [0.2, 0.25) is 0 Å². The molecule has 1 aliphatic carbocycles. The molecule has 0 aliphatic heterocycles. The molecule has 1 fully saturated rings. The van der Waals surface area contributed by atoms with Crippen molar-refractivity contribution in [3.05, 3.63) is 21.9 Å². The van der Waals surface area contributed by atoms with Gasteiger partial charge in [-0.05, 0) is 51.0 Å². The van der Waals surface area contributed by atoms with Crippen LogP contribution in [-0.4, -0.2) is 17.5 Å². The molecule has 2 rings (SSSR count). The molecule has 0 atom stereocenters. The van der Waals surface area contributed by atoms with Gasteiger partial charge in [0.1, 0.15) is 0 Å². The van der Waals surface area contributed by atoms with Gasteiger partial charge in [0, 0.05) is 27.6 Å². The summed E-state index contributed by atoms with van der Waals surface area (Å²) in [6, 6.07) is 5.22. The fourth-order valence-electron chi connectivity index (χ4n) is 2.33. The summed E-state index contributed by atoms with van der Waals surface area (Å²) in [5, 5.41) is 4.62. The Morgan fingerprint density at radius 3 is 2.62 bits per heavy atom. The van der Waals surface area contributed by atoms with E-state index < -0.39 is 0 Å². The quantitative estimate of drug-likeness (QED) is 0.878. The van der Waals surface area contributed by atoms with E-state index in [0.717, 1.165) is 17.8 Å². The van der Waals surface area contributed by atoms with Gasteiger partial charge in [0.25, 0.3) is 0 Å². The third-order valence-corrected chi connectivity index (χ3v) is 5.51. The van der Waals surface area contributed by atoms with Crippen LogP contribution in [0.4, 0.5) is 0 Å². The first-order chi connectivity index (χ1) is 7.78. The van der Waals surface area contributed by atoms with Crippen LogP contribution in [0.5, 0.6) is 0 Å². The van der Waals surface area contributed by atoms with Gasteiger partial charge in [-0.3, -0.25) is 0 Å². The van der Waals surface area contributed by atoms with Crippen molar-refractivity contribution in [2.75, 3.05) is 6.26 Å². The van der Waals surface area contributed by atoms with E-state index in [0.29, 0.717) is 0 Å². The molecule has 3 heteroatoms. The molecule has 1 aromatic heterocycles. The van der Waals surface area contributed by atoms with Crippen molar-refractivity contribution in [3.8, 4) is 0 Å². The summed E-state index contributed by atoms with van der Waals surface area (Å²) in [6.07, 6.45) is 7.74. The second-order valence-corrected chi connectivity index (χ2v) is 7.11. The lowest BCUT2D eigenvalue weighted by Crippen LogP contribution is -2.33. The van der Waals surface area contributed by atoms with Crippen molar-refractivity contribution in [1.29, 1.82) is 0 Å². The molecule has 0 bridgehead atoms. The van der Waals surface area contributed by atoms with Crippen molar-refractivity contribution in [2.24, 2.45) is 0 Å². The Bertz CT molecular complexity index is 313. The number of hydrogen-bond donors (Lipinski definition) is 1. The molecule has 0 radical (unpaired) electrons. The lowest BCUT2D eigenvalue weighted by atomic mass is 9.95. The Kier molecular flexibility index (Phi) is 4.74. The van der Waals surface area contributed by atoms with E-state index in [1.165, 1.54) is 35.4 Å². The summed E-state index contributed by atoms with van der Waals surface area (Å²) in [6.45, 7) is 3.24. The summed E-state index contributed by atoms with van der Waals surface area (Å²) in [4.78, 5) is 2.90.